The van der Waals surface area contributed by atoms with Crippen LogP contribution in [0.25, 0.3) is 17.0 Å². The van der Waals surface area contributed by atoms with Crippen LogP contribution in [0, 0.1) is 5.92 Å². The predicted octanol–water partition coefficient (Wildman–Crippen LogP) is 3.79. The number of nitrogens with zero attached hydrogens (tertiary/aromatic N) is 5. The second kappa shape index (κ2) is 6.83. The number of carbonyl (C=O) groups excluding carboxylic acids is 1. The molecular weight excluding hydrogens is 374 g/mol. The Kier molecular flexibility index (Phi) is 4.08. The Morgan fingerprint density at radius 3 is 2.97 bits per heavy atom. The van der Waals surface area contributed by atoms with Crippen LogP contribution < -0.4 is 0 Å². The first-order valence-electron chi connectivity index (χ1n) is 11.1. The van der Waals surface area contributed by atoms with Gasteiger partial charge in [-0.2, -0.15) is 5.10 Å². The van der Waals surface area contributed by atoms with Gasteiger partial charge in [-0.25, -0.2) is 0 Å². The number of rotatable bonds is 4. The van der Waals surface area contributed by atoms with E-state index in [1.54, 1.807) is 0 Å². The van der Waals surface area contributed by atoms with E-state index in [-0.39, 0.29) is 11.9 Å². The molecule has 30 heavy (non-hydrogen) atoms. The molecule has 1 saturated carbocycles. The van der Waals surface area contributed by atoms with E-state index in [0.29, 0.717) is 18.4 Å². The first-order chi connectivity index (χ1) is 14.7. The highest BCUT2D eigenvalue weighted by Crippen LogP contribution is 2.39. The van der Waals surface area contributed by atoms with Crippen LogP contribution in [0.2, 0.25) is 0 Å². The normalized spacial score (nSPS) is 23.3. The number of aromatic nitrogens is 4. The van der Waals surface area contributed by atoms with Crippen LogP contribution in [0.4, 0.5) is 0 Å². The summed E-state index contributed by atoms with van der Waals surface area (Å²) in [6.07, 6.45) is 14.9. The molecule has 1 amide bonds. The van der Waals surface area contributed by atoms with Crippen molar-refractivity contribution in [1.29, 1.82) is 0 Å². The first-order valence-corrected chi connectivity index (χ1v) is 11.1. The van der Waals surface area contributed by atoms with Gasteiger partial charge in [-0.15, -0.1) is 0 Å². The van der Waals surface area contributed by atoms with Gasteiger partial charge in [-0.1, -0.05) is 19.1 Å². The fourth-order valence-electron chi connectivity index (χ4n) is 5.06. The van der Waals surface area contributed by atoms with Gasteiger partial charge in [0.1, 0.15) is 6.54 Å². The van der Waals surface area contributed by atoms with Crippen LogP contribution in [0.3, 0.4) is 0 Å². The molecule has 4 heterocycles. The van der Waals surface area contributed by atoms with E-state index in [2.05, 4.69) is 52.1 Å². The van der Waals surface area contributed by atoms with Gasteiger partial charge < -0.3 is 9.47 Å². The third-order valence-corrected chi connectivity index (χ3v) is 7.05. The number of fused-ring (bicyclic) bond motifs is 3. The van der Waals surface area contributed by atoms with Crippen LogP contribution in [0.5, 0.6) is 0 Å². The lowest BCUT2D eigenvalue weighted by molar-refractivity contribution is -0.134. The molecule has 3 aliphatic rings. The van der Waals surface area contributed by atoms with E-state index in [4.69, 9.17) is 0 Å². The molecule has 6 nitrogen and oxygen atoms in total. The van der Waals surface area contributed by atoms with Gasteiger partial charge in [0.15, 0.2) is 0 Å². The number of allylic oxidation sites excluding steroid dienone is 1. The van der Waals surface area contributed by atoms with Crippen LogP contribution in [0.15, 0.2) is 36.8 Å². The zero-order valence-electron chi connectivity index (χ0n) is 17.4. The largest absolute Gasteiger partial charge is 0.342 e. The van der Waals surface area contributed by atoms with Crippen molar-refractivity contribution in [2.75, 3.05) is 13.1 Å². The molecule has 3 aromatic rings. The van der Waals surface area contributed by atoms with Crippen molar-refractivity contribution in [3.05, 3.63) is 53.8 Å². The smallest absolute Gasteiger partial charge is 0.244 e. The maximum atomic E-state index is 13.1. The minimum Gasteiger partial charge on any atom is -0.342 e. The summed E-state index contributed by atoms with van der Waals surface area (Å²) in [4.78, 5) is 19.7. The number of pyridine rings is 1. The predicted molar refractivity (Wildman–Crippen MR) is 116 cm³/mol. The van der Waals surface area contributed by atoms with Crippen molar-refractivity contribution in [2.24, 2.45) is 5.92 Å². The van der Waals surface area contributed by atoms with Crippen molar-refractivity contribution in [1.82, 2.24) is 24.2 Å². The van der Waals surface area contributed by atoms with Crippen LogP contribution in [0.1, 0.15) is 55.1 Å². The standard InChI is InChI=1S/C24H27N5O/c1-16-7-10-27(23(30)15-28-11-9-20(26-28)17-5-6-17)14-22(16)29-12-8-18-13-25-21-4-2-3-19(21)24(18)29/h2-3,8-9,11-13,16-17,22H,4-7,10,14-15H2,1H3/t16-,22+/m1/s1. The van der Waals surface area contributed by atoms with Gasteiger partial charge in [-0.05, 0) is 37.3 Å². The summed E-state index contributed by atoms with van der Waals surface area (Å²) in [7, 11) is 0. The molecular formula is C24H27N5O. The van der Waals surface area contributed by atoms with Gasteiger partial charge in [0.25, 0.3) is 0 Å². The van der Waals surface area contributed by atoms with Gasteiger partial charge >= 0.3 is 0 Å². The van der Waals surface area contributed by atoms with E-state index in [9.17, 15) is 4.79 Å². The summed E-state index contributed by atoms with van der Waals surface area (Å²) in [5, 5.41) is 5.80. The maximum Gasteiger partial charge on any atom is 0.244 e. The lowest BCUT2D eigenvalue weighted by Crippen LogP contribution is -2.45. The number of hydrogen-bond donors (Lipinski definition) is 0. The van der Waals surface area contributed by atoms with Gasteiger partial charge in [0.05, 0.1) is 22.9 Å². The SMILES string of the molecule is C[C@@H]1CCN(C(=O)Cn2ccc(C3CC3)n2)C[C@@H]1n1ccc2cnc3c(c21)C=CC3. The topological polar surface area (TPSA) is 56.0 Å². The minimum atomic E-state index is 0.167. The van der Waals surface area contributed by atoms with Crippen molar-refractivity contribution in [3.8, 4) is 0 Å². The molecule has 6 heteroatoms. The summed E-state index contributed by atoms with van der Waals surface area (Å²) in [6, 6.07) is 4.51. The fourth-order valence-corrected chi connectivity index (χ4v) is 5.06. The molecule has 0 aromatic carbocycles. The zero-order chi connectivity index (χ0) is 20.2. The van der Waals surface area contributed by atoms with E-state index in [0.717, 1.165) is 37.3 Å². The Morgan fingerprint density at radius 1 is 1.20 bits per heavy atom. The Bertz CT molecular complexity index is 1150. The number of piperidine rings is 1. The number of amides is 1. The maximum absolute atomic E-state index is 13.1. The van der Waals surface area contributed by atoms with Crippen molar-refractivity contribution < 1.29 is 4.79 Å². The summed E-state index contributed by atoms with van der Waals surface area (Å²) in [5.41, 5.74) is 4.81. The molecule has 2 atom stereocenters. The van der Waals surface area contributed by atoms with Gasteiger partial charge in [0, 0.05) is 55.0 Å². The third kappa shape index (κ3) is 2.97. The van der Waals surface area contributed by atoms with E-state index in [1.807, 2.05) is 22.0 Å². The molecule has 154 valence electrons. The molecule has 0 radical (unpaired) electrons. The average molecular weight is 402 g/mol. The molecule has 2 aliphatic carbocycles. The number of carbonyl (C=O) groups is 1. The second-order valence-electron chi connectivity index (χ2n) is 9.14. The Balaban J connectivity index is 1.25. The van der Waals surface area contributed by atoms with Crippen LogP contribution >= 0.6 is 0 Å². The molecule has 2 fully saturated rings. The zero-order valence-corrected chi connectivity index (χ0v) is 17.4. The first kappa shape index (κ1) is 17.9. The Labute approximate surface area is 176 Å². The van der Waals surface area contributed by atoms with E-state index >= 15 is 0 Å². The minimum absolute atomic E-state index is 0.167. The summed E-state index contributed by atoms with van der Waals surface area (Å²) < 4.78 is 4.21. The number of hydrogen-bond acceptors (Lipinski definition) is 3. The molecule has 0 bridgehead atoms. The highest BCUT2D eigenvalue weighted by molar-refractivity contribution is 5.90. The Hall–Kier alpha value is -2.89. The highest BCUT2D eigenvalue weighted by atomic mass is 16.2. The van der Waals surface area contributed by atoms with E-state index in [1.165, 1.54) is 29.3 Å². The summed E-state index contributed by atoms with van der Waals surface area (Å²) in [5.74, 6) is 1.31. The molecule has 0 N–H and O–H groups in total. The highest BCUT2D eigenvalue weighted by Gasteiger charge is 2.32. The molecule has 0 spiro atoms. The second-order valence-corrected chi connectivity index (χ2v) is 9.14. The average Bonchev–Trinajstić information content (AvgIpc) is 3.14. The van der Waals surface area contributed by atoms with E-state index < -0.39 is 0 Å². The lowest BCUT2D eigenvalue weighted by Gasteiger charge is -2.38. The third-order valence-electron chi connectivity index (χ3n) is 7.05. The molecule has 1 aliphatic heterocycles. The summed E-state index contributed by atoms with van der Waals surface area (Å²) >= 11 is 0. The fraction of sp³-hybridized carbons (Fsp3) is 0.458. The van der Waals surface area contributed by atoms with Crippen LogP contribution in [-0.2, 0) is 17.8 Å². The lowest BCUT2D eigenvalue weighted by atomic mass is 9.92. The number of likely N-dealkylation sites (tertiary alicyclic amines) is 1. The van der Waals surface area contributed by atoms with Crippen molar-refractivity contribution >= 4 is 22.9 Å². The summed E-state index contributed by atoms with van der Waals surface area (Å²) in [6.45, 7) is 4.22. The van der Waals surface area contributed by atoms with Gasteiger partial charge in [-0.3, -0.25) is 14.5 Å². The molecule has 1 saturated heterocycles. The quantitative estimate of drug-likeness (QED) is 0.668. The van der Waals surface area contributed by atoms with Crippen molar-refractivity contribution in [2.45, 2.75) is 51.1 Å². The Morgan fingerprint density at radius 2 is 2.10 bits per heavy atom. The van der Waals surface area contributed by atoms with Crippen LogP contribution in [-0.4, -0.2) is 43.2 Å². The molecule has 3 aromatic heterocycles. The monoisotopic (exact) mass is 401 g/mol. The molecule has 0 unspecified atom stereocenters. The van der Waals surface area contributed by atoms with Gasteiger partial charge in [0.2, 0.25) is 5.91 Å². The van der Waals surface area contributed by atoms with Crippen molar-refractivity contribution in [3.63, 3.8) is 0 Å². The molecule has 6 rings (SSSR count).